The fourth-order valence-corrected chi connectivity index (χ4v) is 5.88. The van der Waals surface area contributed by atoms with Gasteiger partial charge in [0.2, 0.25) is 0 Å². The lowest BCUT2D eigenvalue weighted by Crippen LogP contribution is -2.18. The van der Waals surface area contributed by atoms with Crippen LogP contribution in [0.15, 0.2) is 69.9 Å². The number of hydrogen-bond donors (Lipinski definition) is 0. The number of rotatable bonds is 7. The van der Waals surface area contributed by atoms with Crippen molar-refractivity contribution >= 4 is 30.8 Å². The summed E-state index contributed by atoms with van der Waals surface area (Å²) in [4.78, 5) is 13.0. The maximum Gasteiger partial charge on any atom is 0.425 e. The van der Waals surface area contributed by atoms with Gasteiger partial charge in [0.1, 0.15) is 16.0 Å². The van der Waals surface area contributed by atoms with Crippen LogP contribution in [0.3, 0.4) is 0 Å². The Balaban J connectivity index is 1.53. The third-order valence-corrected chi connectivity index (χ3v) is 7.99. The van der Waals surface area contributed by atoms with Crippen LogP contribution in [0.4, 0.5) is 0 Å². The van der Waals surface area contributed by atoms with Crippen LogP contribution in [0.5, 0.6) is 5.75 Å². The molecule has 0 radical (unpaired) electrons. The summed E-state index contributed by atoms with van der Waals surface area (Å²) in [7, 11) is -3.46. The SMILES string of the molecule is CC(C)c1cc2c(=S)n(-c3ccc4c(c3)CCC4)c(=O)oc2cc1OP(C)(=O)OCc1ccccc1. The van der Waals surface area contributed by atoms with Crippen molar-refractivity contribution in [1.29, 1.82) is 0 Å². The van der Waals surface area contributed by atoms with Crippen molar-refractivity contribution < 1.29 is 18.0 Å². The van der Waals surface area contributed by atoms with E-state index in [1.54, 1.807) is 6.07 Å². The topological polar surface area (TPSA) is 70.7 Å². The Morgan fingerprint density at radius 1 is 1.06 bits per heavy atom. The van der Waals surface area contributed by atoms with Gasteiger partial charge in [-0.25, -0.2) is 13.9 Å². The Morgan fingerprint density at radius 3 is 2.56 bits per heavy atom. The predicted molar refractivity (Wildman–Crippen MR) is 144 cm³/mol. The lowest BCUT2D eigenvalue weighted by atomic mass is 10.0. The largest absolute Gasteiger partial charge is 0.425 e. The van der Waals surface area contributed by atoms with Crippen molar-refractivity contribution in [3.8, 4) is 11.4 Å². The minimum atomic E-state index is -3.46. The van der Waals surface area contributed by atoms with Gasteiger partial charge in [0.05, 0.1) is 17.7 Å². The molecule has 0 N–H and O–H groups in total. The van der Waals surface area contributed by atoms with E-state index < -0.39 is 13.4 Å². The number of benzene rings is 3. The van der Waals surface area contributed by atoms with Crippen LogP contribution >= 0.6 is 19.8 Å². The lowest BCUT2D eigenvalue weighted by molar-refractivity contribution is 0.259. The van der Waals surface area contributed by atoms with Gasteiger partial charge >= 0.3 is 13.4 Å². The molecular formula is C28H28NO5PS. The number of aromatic nitrogens is 1. The number of nitrogens with zero attached hydrogens (tertiary/aromatic N) is 1. The number of fused-ring (bicyclic) bond motifs is 2. The zero-order chi connectivity index (χ0) is 25.4. The number of hydrogen-bond acceptors (Lipinski definition) is 6. The van der Waals surface area contributed by atoms with E-state index >= 15 is 0 Å². The van der Waals surface area contributed by atoms with Gasteiger partial charge in [-0.3, -0.25) is 4.52 Å². The second kappa shape index (κ2) is 9.81. The zero-order valence-corrected chi connectivity index (χ0v) is 22.2. The van der Waals surface area contributed by atoms with E-state index in [9.17, 15) is 9.36 Å². The third-order valence-electron chi connectivity index (χ3n) is 6.46. The van der Waals surface area contributed by atoms with E-state index in [2.05, 4.69) is 6.07 Å². The summed E-state index contributed by atoms with van der Waals surface area (Å²) < 4.78 is 32.2. The van der Waals surface area contributed by atoms with Crippen molar-refractivity contribution in [1.82, 2.24) is 4.57 Å². The van der Waals surface area contributed by atoms with Crippen molar-refractivity contribution in [2.45, 2.75) is 45.6 Å². The highest BCUT2D eigenvalue weighted by Gasteiger charge is 2.24. The maximum atomic E-state index is 13.2. The quantitative estimate of drug-likeness (QED) is 0.187. The van der Waals surface area contributed by atoms with Gasteiger partial charge in [-0.2, -0.15) is 0 Å². The van der Waals surface area contributed by atoms with E-state index in [1.807, 2.05) is 62.4 Å². The molecule has 0 aliphatic heterocycles. The molecule has 0 bridgehead atoms. The third kappa shape index (κ3) is 4.96. The molecule has 0 spiro atoms. The Kier molecular flexibility index (Phi) is 6.73. The van der Waals surface area contributed by atoms with Crippen LogP contribution in [-0.4, -0.2) is 11.2 Å². The Bertz CT molecular complexity index is 1610. The summed E-state index contributed by atoms with van der Waals surface area (Å²) in [5.74, 6) is -0.189. The summed E-state index contributed by atoms with van der Waals surface area (Å²) in [5.41, 5.74) is 5.24. The van der Waals surface area contributed by atoms with E-state index in [4.69, 9.17) is 25.7 Å². The molecule has 3 aromatic carbocycles. The van der Waals surface area contributed by atoms with Gasteiger partial charge < -0.3 is 8.94 Å². The second-order valence-electron chi connectivity index (χ2n) is 9.48. The van der Waals surface area contributed by atoms with Crippen LogP contribution in [0.2, 0.25) is 0 Å². The number of aryl methyl sites for hydroxylation is 2. The fourth-order valence-electron chi connectivity index (χ4n) is 4.59. The molecular weight excluding hydrogens is 493 g/mol. The van der Waals surface area contributed by atoms with Crippen LogP contribution in [0.25, 0.3) is 16.7 Å². The molecule has 1 heterocycles. The normalized spacial score (nSPS) is 14.7. The molecule has 1 aliphatic rings. The first-order valence-electron chi connectivity index (χ1n) is 12.0. The van der Waals surface area contributed by atoms with E-state index in [1.165, 1.54) is 22.4 Å². The molecule has 0 saturated carbocycles. The summed E-state index contributed by atoms with van der Waals surface area (Å²) in [6, 6.07) is 18.9. The predicted octanol–water partition coefficient (Wildman–Crippen LogP) is 7.34. The molecule has 0 fully saturated rings. The standard InChI is InChI=1S/C28H28NO5PS/c1-18(2)23-15-24-25(16-26(23)34-35(3,31)32-17-19-8-5-4-6-9-19)33-28(30)29(27(24)36)22-13-12-20-10-7-11-21(20)14-22/h4-6,8-9,12-16,18H,7,10-11,17H2,1-3H3. The smallest absolute Gasteiger partial charge is 0.424 e. The molecule has 36 heavy (non-hydrogen) atoms. The molecule has 5 rings (SSSR count). The second-order valence-corrected chi connectivity index (χ2v) is 11.8. The van der Waals surface area contributed by atoms with Crippen molar-refractivity contribution in [2.24, 2.45) is 0 Å². The Morgan fingerprint density at radius 2 is 1.81 bits per heavy atom. The van der Waals surface area contributed by atoms with E-state index in [0.29, 0.717) is 21.5 Å². The molecule has 1 aromatic heterocycles. The fraction of sp³-hybridized carbons (Fsp3) is 0.286. The van der Waals surface area contributed by atoms with Crippen molar-refractivity contribution in [3.05, 3.63) is 98.1 Å². The van der Waals surface area contributed by atoms with Gasteiger partial charge in [-0.05, 0) is 65.6 Å². The van der Waals surface area contributed by atoms with Crippen molar-refractivity contribution in [3.63, 3.8) is 0 Å². The average Bonchev–Trinajstić information content (AvgIpc) is 3.31. The monoisotopic (exact) mass is 521 g/mol. The zero-order valence-electron chi connectivity index (χ0n) is 20.5. The first-order chi connectivity index (χ1) is 17.2. The van der Waals surface area contributed by atoms with Gasteiger partial charge in [0.25, 0.3) is 0 Å². The molecule has 0 saturated heterocycles. The molecule has 1 aliphatic carbocycles. The van der Waals surface area contributed by atoms with Crippen LogP contribution in [0.1, 0.15) is 48.4 Å². The average molecular weight is 522 g/mol. The highest BCUT2D eigenvalue weighted by atomic mass is 32.1. The molecule has 1 atom stereocenters. The minimum Gasteiger partial charge on any atom is -0.424 e. The van der Waals surface area contributed by atoms with E-state index in [0.717, 1.165) is 30.4 Å². The highest BCUT2D eigenvalue weighted by Crippen LogP contribution is 2.48. The van der Waals surface area contributed by atoms with Gasteiger partial charge in [-0.15, -0.1) is 0 Å². The Hall–Kier alpha value is -2.99. The van der Waals surface area contributed by atoms with Crippen molar-refractivity contribution in [2.75, 3.05) is 6.66 Å². The molecule has 4 aromatic rings. The van der Waals surface area contributed by atoms with E-state index in [-0.39, 0.29) is 18.1 Å². The molecule has 186 valence electrons. The molecule has 0 amide bonds. The highest BCUT2D eigenvalue weighted by molar-refractivity contribution is 7.71. The molecule has 6 nitrogen and oxygen atoms in total. The Labute approximate surface area is 215 Å². The minimum absolute atomic E-state index is 0.0355. The van der Waals surface area contributed by atoms with Crippen LogP contribution in [0, 0.1) is 4.64 Å². The first-order valence-corrected chi connectivity index (χ1v) is 14.4. The lowest BCUT2D eigenvalue weighted by Gasteiger charge is -2.20. The molecule has 1 unspecified atom stereocenters. The first kappa shape index (κ1) is 24.7. The summed E-state index contributed by atoms with van der Waals surface area (Å²) in [6.07, 6.45) is 3.18. The summed E-state index contributed by atoms with van der Waals surface area (Å²) in [6.45, 7) is 5.61. The van der Waals surface area contributed by atoms with Gasteiger partial charge in [0.15, 0.2) is 0 Å². The molecule has 8 heteroatoms. The van der Waals surface area contributed by atoms with Gasteiger partial charge in [-0.1, -0.05) is 62.5 Å². The summed E-state index contributed by atoms with van der Waals surface area (Å²) >= 11 is 5.77. The maximum absolute atomic E-state index is 13.2. The van der Waals surface area contributed by atoms with Gasteiger partial charge in [0, 0.05) is 12.7 Å². The summed E-state index contributed by atoms with van der Waals surface area (Å²) in [5, 5.41) is 0.622. The van der Waals surface area contributed by atoms with Crippen LogP contribution < -0.4 is 10.3 Å². The van der Waals surface area contributed by atoms with Crippen LogP contribution in [-0.2, 0) is 28.5 Å².